The van der Waals surface area contributed by atoms with E-state index in [1.54, 1.807) is 26.3 Å². The molecule has 0 spiro atoms. The number of nitrogens with zero attached hydrogens (tertiary/aromatic N) is 2. The molecule has 0 aliphatic heterocycles. The van der Waals surface area contributed by atoms with Crippen molar-refractivity contribution < 1.29 is 14.7 Å². The van der Waals surface area contributed by atoms with Crippen LogP contribution in [-0.2, 0) is 4.84 Å². The molecule has 0 saturated carbocycles. The van der Waals surface area contributed by atoms with Gasteiger partial charge in [-0.3, -0.25) is 4.84 Å². The van der Waals surface area contributed by atoms with E-state index in [-0.39, 0.29) is 0 Å². The first-order chi connectivity index (χ1) is 7.62. The van der Waals surface area contributed by atoms with Crippen LogP contribution < -0.4 is 4.74 Å². The molecule has 0 amide bonds. The number of aliphatic hydroxyl groups is 1. The second kappa shape index (κ2) is 6.05. The van der Waals surface area contributed by atoms with Crippen molar-refractivity contribution in [1.29, 1.82) is 0 Å². The molecule has 1 aromatic heterocycles. The van der Waals surface area contributed by atoms with Gasteiger partial charge in [0, 0.05) is 18.7 Å². The molecular formula is C10H16N2O3S. The van der Waals surface area contributed by atoms with Crippen LogP contribution in [0.5, 0.6) is 5.88 Å². The number of aromatic nitrogens is 1. The summed E-state index contributed by atoms with van der Waals surface area (Å²) in [5.74, 6) is 0.477. The predicted octanol–water partition coefficient (Wildman–Crippen LogP) is 1.30. The molecule has 0 aromatic carbocycles. The van der Waals surface area contributed by atoms with Crippen LogP contribution >= 0.6 is 11.8 Å². The molecule has 1 atom stereocenters. The van der Waals surface area contributed by atoms with Gasteiger partial charge in [0.15, 0.2) is 6.23 Å². The van der Waals surface area contributed by atoms with Crippen molar-refractivity contribution in [3.05, 3.63) is 17.7 Å². The minimum atomic E-state index is -0.840. The zero-order chi connectivity index (χ0) is 12.1. The summed E-state index contributed by atoms with van der Waals surface area (Å²) < 4.78 is 5.07. The molecular weight excluding hydrogens is 228 g/mol. The molecule has 0 bridgehead atoms. The monoisotopic (exact) mass is 244 g/mol. The smallest absolute Gasteiger partial charge is 0.214 e. The van der Waals surface area contributed by atoms with Gasteiger partial charge in [-0.05, 0) is 12.3 Å². The highest BCUT2D eigenvalue weighted by atomic mass is 32.2. The Bertz CT molecular complexity index is 327. The van der Waals surface area contributed by atoms with Crippen LogP contribution in [0.2, 0.25) is 0 Å². The third kappa shape index (κ3) is 3.08. The molecule has 1 unspecified atom stereocenters. The van der Waals surface area contributed by atoms with Crippen LogP contribution in [0, 0.1) is 0 Å². The highest BCUT2D eigenvalue weighted by Crippen LogP contribution is 2.24. The fraction of sp³-hybridized carbons (Fsp3) is 0.500. The fourth-order valence-corrected chi connectivity index (χ4v) is 1.60. The number of hydrogen-bond donors (Lipinski definition) is 1. The van der Waals surface area contributed by atoms with E-state index in [2.05, 4.69) is 4.98 Å². The van der Waals surface area contributed by atoms with Crippen LogP contribution in [0.25, 0.3) is 0 Å². The van der Waals surface area contributed by atoms with Gasteiger partial charge in [0.1, 0.15) is 5.03 Å². The summed E-state index contributed by atoms with van der Waals surface area (Å²) in [5.41, 5.74) is 0.681. The number of methoxy groups -OCH3 is 1. The van der Waals surface area contributed by atoms with Crippen molar-refractivity contribution in [3.63, 3.8) is 0 Å². The minimum absolute atomic E-state index is 0.477. The number of ether oxygens (including phenoxy) is 1. The van der Waals surface area contributed by atoms with Gasteiger partial charge in [-0.1, -0.05) is 0 Å². The van der Waals surface area contributed by atoms with Gasteiger partial charge >= 0.3 is 0 Å². The zero-order valence-corrected chi connectivity index (χ0v) is 10.6. The first-order valence-electron chi connectivity index (χ1n) is 4.67. The second-order valence-corrected chi connectivity index (χ2v) is 3.91. The van der Waals surface area contributed by atoms with Gasteiger partial charge < -0.3 is 9.84 Å². The Balaban J connectivity index is 3.02. The van der Waals surface area contributed by atoms with E-state index in [0.717, 1.165) is 5.03 Å². The Morgan fingerprint density at radius 1 is 1.44 bits per heavy atom. The van der Waals surface area contributed by atoms with E-state index < -0.39 is 6.23 Å². The summed E-state index contributed by atoms with van der Waals surface area (Å²) in [7, 11) is 4.69. The van der Waals surface area contributed by atoms with Crippen molar-refractivity contribution in [1.82, 2.24) is 10.0 Å². The molecule has 0 saturated heterocycles. The largest absolute Gasteiger partial charge is 0.481 e. The van der Waals surface area contributed by atoms with Crippen molar-refractivity contribution in [3.8, 4) is 5.88 Å². The molecule has 1 aromatic rings. The van der Waals surface area contributed by atoms with E-state index in [1.165, 1.54) is 23.9 Å². The average Bonchev–Trinajstić information content (AvgIpc) is 2.35. The van der Waals surface area contributed by atoms with Gasteiger partial charge in [0.05, 0.1) is 14.2 Å². The summed E-state index contributed by atoms with van der Waals surface area (Å²) in [5, 5.41) is 12.1. The summed E-state index contributed by atoms with van der Waals surface area (Å²) >= 11 is 1.49. The van der Waals surface area contributed by atoms with E-state index in [9.17, 15) is 5.11 Å². The van der Waals surface area contributed by atoms with Crippen molar-refractivity contribution in [2.45, 2.75) is 11.3 Å². The fourth-order valence-electron chi connectivity index (χ4n) is 1.17. The molecule has 0 aliphatic rings. The quantitative estimate of drug-likeness (QED) is 0.478. The molecule has 1 heterocycles. The van der Waals surface area contributed by atoms with Gasteiger partial charge in [-0.15, -0.1) is 11.8 Å². The molecule has 6 heteroatoms. The third-order valence-corrected chi connectivity index (χ3v) is 2.78. The lowest BCUT2D eigenvalue weighted by Gasteiger charge is -2.21. The second-order valence-electron chi connectivity index (χ2n) is 3.09. The average molecular weight is 244 g/mol. The SMILES string of the molecule is COc1cc(C(O)N(C)OC)cc(SC)n1. The molecule has 1 N–H and O–H groups in total. The van der Waals surface area contributed by atoms with Gasteiger partial charge in [0.2, 0.25) is 5.88 Å². The Hall–Kier alpha value is -0.820. The van der Waals surface area contributed by atoms with Crippen LogP contribution in [-0.4, -0.2) is 42.7 Å². The number of pyridine rings is 1. The number of aliphatic hydroxyl groups excluding tert-OH is 1. The maximum Gasteiger partial charge on any atom is 0.214 e. The Morgan fingerprint density at radius 2 is 2.12 bits per heavy atom. The highest BCUT2D eigenvalue weighted by Gasteiger charge is 2.15. The summed E-state index contributed by atoms with van der Waals surface area (Å²) in [6.07, 6.45) is 1.07. The van der Waals surface area contributed by atoms with Gasteiger partial charge in [-0.2, -0.15) is 5.06 Å². The Morgan fingerprint density at radius 3 is 2.62 bits per heavy atom. The highest BCUT2D eigenvalue weighted by molar-refractivity contribution is 7.98. The lowest BCUT2D eigenvalue weighted by molar-refractivity contribution is -0.206. The normalized spacial score (nSPS) is 12.9. The standard InChI is InChI=1S/C10H16N2O3S/c1-12(15-3)10(13)7-5-8(14-2)11-9(6-7)16-4/h5-6,10,13H,1-4H3. The number of rotatable bonds is 5. The first kappa shape index (κ1) is 13.2. The van der Waals surface area contributed by atoms with Crippen LogP contribution in [0.15, 0.2) is 17.2 Å². The topological polar surface area (TPSA) is 54.8 Å². The van der Waals surface area contributed by atoms with Crippen LogP contribution in [0.3, 0.4) is 0 Å². The van der Waals surface area contributed by atoms with Crippen molar-refractivity contribution in [2.75, 3.05) is 27.5 Å². The minimum Gasteiger partial charge on any atom is -0.481 e. The molecule has 90 valence electrons. The zero-order valence-electron chi connectivity index (χ0n) is 9.80. The predicted molar refractivity (Wildman–Crippen MR) is 62.3 cm³/mol. The lowest BCUT2D eigenvalue weighted by Crippen LogP contribution is -2.23. The number of thioether (sulfide) groups is 1. The summed E-state index contributed by atoms with van der Waals surface area (Å²) in [6.45, 7) is 0. The summed E-state index contributed by atoms with van der Waals surface area (Å²) in [4.78, 5) is 9.14. The molecule has 1 rings (SSSR count). The molecule has 16 heavy (non-hydrogen) atoms. The van der Waals surface area contributed by atoms with E-state index in [1.807, 2.05) is 6.26 Å². The van der Waals surface area contributed by atoms with E-state index >= 15 is 0 Å². The maximum absolute atomic E-state index is 9.94. The Labute approximate surface area is 99.3 Å². The van der Waals surface area contributed by atoms with E-state index in [0.29, 0.717) is 11.4 Å². The van der Waals surface area contributed by atoms with Crippen LogP contribution in [0.4, 0.5) is 0 Å². The number of hydroxylamine groups is 2. The van der Waals surface area contributed by atoms with Crippen molar-refractivity contribution in [2.24, 2.45) is 0 Å². The molecule has 0 radical (unpaired) electrons. The molecule has 0 aliphatic carbocycles. The summed E-state index contributed by atoms with van der Waals surface area (Å²) in [6, 6.07) is 3.48. The van der Waals surface area contributed by atoms with Gasteiger partial charge in [0.25, 0.3) is 0 Å². The van der Waals surface area contributed by atoms with Crippen LogP contribution in [0.1, 0.15) is 11.8 Å². The van der Waals surface area contributed by atoms with Crippen molar-refractivity contribution >= 4 is 11.8 Å². The first-order valence-corrected chi connectivity index (χ1v) is 5.89. The molecule has 5 nitrogen and oxygen atoms in total. The molecule has 0 fully saturated rings. The Kier molecular flexibility index (Phi) is 5.01. The van der Waals surface area contributed by atoms with E-state index in [4.69, 9.17) is 9.57 Å². The van der Waals surface area contributed by atoms with Gasteiger partial charge in [-0.25, -0.2) is 4.98 Å². The number of hydrogen-bond acceptors (Lipinski definition) is 6. The maximum atomic E-state index is 9.94. The lowest BCUT2D eigenvalue weighted by atomic mass is 10.2. The third-order valence-electron chi connectivity index (χ3n) is 2.15.